The number of nitrogens with zero attached hydrogens (tertiary/aromatic N) is 3. The minimum Gasteiger partial charge on any atom is -0.485 e. The molecule has 0 aliphatic carbocycles. The Morgan fingerprint density at radius 2 is 2.12 bits per heavy atom. The highest BCUT2D eigenvalue weighted by atomic mass is 32.2. The van der Waals surface area contributed by atoms with Crippen molar-refractivity contribution in [2.24, 2.45) is 7.05 Å². The number of rotatable bonds is 5. The van der Waals surface area contributed by atoms with Crippen LogP contribution in [-0.4, -0.2) is 39.2 Å². The zero-order valence-corrected chi connectivity index (χ0v) is 14.6. The van der Waals surface area contributed by atoms with E-state index in [9.17, 15) is 4.79 Å². The van der Waals surface area contributed by atoms with Crippen molar-refractivity contribution in [1.29, 1.82) is 0 Å². The van der Waals surface area contributed by atoms with Crippen LogP contribution in [0.25, 0.3) is 0 Å². The van der Waals surface area contributed by atoms with Crippen molar-refractivity contribution in [2.45, 2.75) is 31.2 Å². The first-order valence-corrected chi connectivity index (χ1v) is 8.63. The summed E-state index contributed by atoms with van der Waals surface area (Å²) in [7, 11) is 1.84. The first kappa shape index (κ1) is 16.6. The third-order valence-corrected chi connectivity index (χ3v) is 4.35. The van der Waals surface area contributed by atoms with Crippen molar-refractivity contribution in [3.05, 3.63) is 30.1 Å². The van der Waals surface area contributed by atoms with Crippen LogP contribution in [0.1, 0.15) is 25.8 Å². The predicted octanol–water partition coefficient (Wildman–Crippen LogP) is 2.37. The van der Waals surface area contributed by atoms with E-state index >= 15 is 0 Å². The standard InChI is InChI=1S/C16H19N3O4S/c1-10(2)22-14(20)9-24-16-18-17-15(19(16)3)13-8-21-11-6-4-5-7-12(11)23-13/h4-7,10,13H,8-9H2,1-3H3/t13-/m0/s1. The topological polar surface area (TPSA) is 75.5 Å². The summed E-state index contributed by atoms with van der Waals surface area (Å²) in [5.74, 6) is 1.98. The van der Waals surface area contributed by atoms with E-state index in [0.29, 0.717) is 23.3 Å². The number of carbonyl (C=O) groups excluding carboxylic acids is 1. The first-order chi connectivity index (χ1) is 11.5. The smallest absolute Gasteiger partial charge is 0.316 e. The molecule has 0 bridgehead atoms. The van der Waals surface area contributed by atoms with Crippen LogP contribution >= 0.6 is 11.8 Å². The van der Waals surface area contributed by atoms with Crippen molar-refractivity contribution in [3.63, 3.8) is 0 Å². The van der Waals surface area contributed by atoms with Gasteiger partial charge >= 0.3 is 5.97 Å². The average molecular weight is 349 g/mol. The van der Waals surface area contributed by atoms with E-state index in [0.717, 1.165) is 5.75 Å². The number of benzene rings is 1. The van der Waals surface area contributed by atoms with Crippen molar-refractivity contribution >= 4 is 17.7 Å². The van der Waals surface area contributed by atoms with Crippen LogP contribution in [0.5, 0.6) is 11.5 Å². The monoisotopic (exact) mass is 349 g/mol. The average Bonchev–Trinajstić information content (AvgIpc) is 2.92. The van der Waals surface area contributed by atoms with Crippen LogP contribution in [0.15, 0.2) is 29.4 Å². The van der Waals surface area contributed by atoms with E-state index in [1.165, 1.54) is 11.8 Å². The van der Waals surface area contributed by atoms with E-state index in [1.54, 1.807) is 0 Å². The molecule has 7 nitrogen and oxygen atoms in total. The van der Waals surface area contributed by atoms with Crippen molar-refractivity contribution in [1.82, 2.24) is 14.8 Å². The zero-order chi connectivity index (χ0) is 17.1. The second-order valence-electron chi connectivity index (χ2n) is 5.59. The molecule has 0 spiro atoms. The summed E-state index contributed by atoms with van der Waals surface area (Å²) in [5, 5.41) is 8.95. The van der Waals surface area contributed by atoms with Crippen LogP contribution in [0.4, 0.5) is 0 Å². The molecule has 1 aliphatic heterocycles. The quantitative estimate of drug-likeness (QED) is 0.606. The highest BCUT2D eigenvalue weighted by Gasteiger charge is 2.27. The van der Waals surface area contributed by atoms with Gasteiger partial charge in [0.15, 0.2) is 28.6 Å². The zero-order valence-electron chi connectivity index (χ0n) is 13.8. The maximum absolute atomic E-state index is 11.6. The Morgan fingerprint density at radius 1 is 1.38 bits per heavy atom. The molecule has 0 amide bonds. The Kier molecular flexibility index (Phi) is 4.94. The van der Waals surface area contributed by atoms with Gasteiger partial charge in [-0.25, -0.2) is 0 Å². The van der Waals surface area contributed by atoms with Crippen LogP contribution in [0, 0.1) is 0 Å². The van der Waals surface area contributed by atoms with E-state index < -0.39 is 0 Å². The fourth-order valence-corrected chi connectivity index (χ4v) is 3.00. The Balaban J connectivity index is 1.66. The summed E-state index contributed by atoms with van der Waals surface area (Å²) in [6.45, 7) is 4.01. The molecule has 1 atom stereocenters. The minimum absolute atomic E-state index is 0.124. The fourth-order valence-electron chi connectivity index (χ4n) is 2.30. The molecular formula is C16H19N3O4S. The van der Waals surface area contributed by atoms with Gasteiger partial charge in [0.05, 0.1) is 11.9 Å². The lowest BCUT2D eigenvalue weighted by Gasteiger charge is -2.25. The van der Waals surface area contributed by atoms with E-state index in [1.807, 2.05) is 49.7 Å². The molecule has 1 aliphatic rings. The summed E-state index contributed by atoms with van der Waals surface area (Å²) >= 11 is 1.29. The van der Waals surface area contributed by atoms with Crippen molar-refractivity contribution < 1.29 is 19.0 Å². The maximum Gasteiger partial charge on any atom is 0.316 e. The molecule has 0 saturated heterocycles. The van der Waals surface area contributed by atoms with Crippen LogP contribution < -0.4 is 9.47 Å². The summed E-state index contributed by atoms with van der Waals surface area (Å²) in [5.41, 5.74) is 0. The molecule has 0 unspecified atom stereocenters. The maximum atomic E-state index is 11.6. The fraction of sp³-hybridized carbons (Fsp3) is 0.438. The number of thioether (sulfide) groups is 1. The third-order valence-electron chi connectivity index (χ3n) is 3.35. The molecule has 1 aromatic heterocycles. The molecule has 128 valence electrons. The first-order valence-electron chi connectivity index (χ1n) is 7.64. The van der Waals surface area contributed by atoms with Crippen LogP contribution in [0.2, 0.25) is 0 Å². The van der Waals surface area contributed by atoms with Gasteiger partial charge in [-0.05, 0) is 26.0 Å². The largest absolute Gasteiger partial charge is 0.485 e. The number of aromatic nitrogens is 3. The molecule has 2 heterocycles. The molecule has 24 heavy (non-hydrogen) atoms. The van der Waals surface area contributed by atoms with Gasteiger partial charge in [0.2, 0.25) is 0 Å². The summed E-state index contributed by atoms with van der Waals surface area (Å²) < 4.78 is 18.6. The molecule has 3 rings (SSSR count). The van der Waals surface area contributed by atoms with Gasteiger partial charge in [-0.1, -0.05) is 23.9 Å². The lowest BCUT2D eigenvalue weighted by molar-refractivity contribution is -0.144. The van der Waals surface area contributed by atoms with Crippen molar-refractivity contribution in [2.75, 3.05) is 12.4 Å². The van der Waals surface area contributed by atoms with Crippen molar-refractivity contribution in [3.8, 4) is 11.5 Å². The van der Waals surface area contributed by atoms with Gasteiger partial charge in [0.25, 0.3) is 0 Å². The summed E-state index contributed by atoms with van der Waals surface area (Å²) in [6, 6.07) is 7.51. The number of para-hydroxylation sites is 2. The molecular weight excluding hydrogens is 330 g/mol. The Hall–Kier alpha value is -2.22. The van der Waals surface area contributed by atoms with Gasteiger partial charge in [0.1, 0.15) is 6.61 Å². The molecule has 0 N–H and O–H groups in total. The van der Waals surface area contributed by atoms with Crippen LogP contribution in [-0.2, 0) is 16.6 Å². The predicted molar refractivity (Wildman–Crippen MR) is 88.3 cm³/mol. The molecule has 8 heteroatoms. The summed E-state index contributed by atoms with van der Waals surface area (Å²) in [6.07, 6.45) is -0.463. The van der Waals surface area contributed by atoms with E-state index in [-0.39, 0.29) is 23.9 Å². The van der Waals surface area contributed by atoms with Gasteiger partial charge in [-0.15, -0.1) is 10.2 Å². The lowest BCUT2D eigenvalue weighted by Crippen LogP contribution is -2.24. The van der Waals surface area contributed by atoms with Crippen LogP contribution in [0.3, 0.4) is 0 Å². The second-order valence-corrected chi connectivity index (χ2v) is 6.53. The Bertz CT molecular complexity index is 732. The van der Waals surface area contributed by atoms with Gasteiger partial charge in [-0.3, -0.25) is 4.79 Å². The third kappa shape index (κ3) is 3.64. The number of ether oxygens (including phenoxy) is 3. The molecule has 0 saturated carbocycles. The highest BCUT2D eigenvalue weighted by Crippen LogP contribution is 2.35. The summed E-state index contributed by atoms with van der Waals surface area (Å²) in [4.78, 5) is 11.6. The number of esters is 1. The second kappa shape index (κ2) is 7.12. The SMILES string of the molecule is CC(C)OC(=O)CSc1nnc([C@@H]2COc3ccccc3O2)n1C. The molecule has 2 aromatic rings. The normalized spacial score (nSPS) is 16.2. The van der Waals surface area contributed by atoms with E-state index in [2.05, 4.69) is 10.2 Å². The number of hydrogen-bond acceptors (Lipinski definition) is 7. The number of carbonyl (C=O) groups is 1. The Labute approximate surface area is 144 Å². The lowest BCUT2D eigenvalue weighted by atomic mass is 10.2. The molecule has 0 radical (unpaired) electrons. The minimum atomic E-state index is -0.339. The molecule has 0 fully saturated rings. The highest BCUT2D eigenvalue weighted by molar-refractivity contribution is 7.99. The van der Waals surface area contributed by atoms with Gasteiger partial charge in [0, 0.05) is 7.05 Å². The van der Waals surface area contributed by atoms with Gasteiger partial charge < -0.3 is 18.8 Å². The number of fused-ring (bicyclic) bond motifs is 1. The van der Waals surface area contributed by atoms with Gasteiger partial charge in [-0.2, -0.15) is 0 Å². The number of hydrogen-bond donors (Lipinski definition) is 0. The van der Waals surface area contributed by atoms with E-state index in [4.69, 9.17) is 14.2 Å². The molecule has 1 aromatic carbocycles. The Morgan fingerprint density at radius 3 is 2.88 bits per heavy atom.